The van der Waals surface area contributed by atoms with Gasteiger partial charge in [0.2, 0.25) is 0 Å². The van der Waals surface area contributed by atoms with E-state index in [0.717, 1.165) is 18.6 Å². The highest BCUT2D eigenvalue weighted by molar-refractivity contribution is 7.86. The van der Waals surface area contributed by atoms with Gasteiger partial charge in [-0.25, -0.2) is 0 Å². The average Bonchev–Trinajstić information content (AvgIpc) is 3.24. The molecule has 0 heterocycles. The molecule has 0 spiro atoms. The van der Waals surface area contributed by atoms with Crippen molar-refractivity contribution in [2.45, 2.75) is 109 Å². The predicted octanol–water partition coefficient (Wildman–Crippen LogP) is 7.36. The molecule has 0 bridgehead atoms. The Morgan fingerprint density at radius 1 is 0.317 bits per heavy atom. The number of unbranched alkanes of at least 4 members (excludes halogenated alkanes) is 13. The van der Waals surface area contributed by atoms with Crippen LogP contribution >= 0.6 is 0 Å². The molecule has 0 saturated heterocycles. The summed E-state index contributed by atoms with van der Waals surface area (Å²) in [6.07, 6.45) is 19.2. The highest BCUT2D eigenvalue weighted by Crippen LogP contribution is 2.14. The Hall–Kier alpha value is -1.31. The molecule has 0 fully saturated rings. The minimum atomic E-state index is -3.78. The topological polar surface area (TPSA) is 145 Å². The fourth-order valence-electron chi connectivity index (χ4n) is 5.68. The molecule has 0 saturated carbocycles. The zero-order valence-corrected chi connectivity index (χ0v) is 38.4. The maximum absolute atomic E-state index is 12.1. The van der Waals surface area contributed by atoms with Crippen LogP contribution in [-0.2, 0) is 66.4 Å². The highest BCUT2D eigenvalue weighted by Gasteiger charge is 2.14. The largest absolute Gasteiger partial charge is 0.379 e. The number of ether oxygens (including phenoxy) is 11. The third kappa shape index (κ3) is 40.7. The summed E-state index contributed by atoms with van der Waals surface area (Å²) in [5.74, 6) is 0. The summed E-state index contributed by atoms with van der Waals surface area (Å²) in [6.45, 7) is 14.9. The van der Waals surface area contributed by atoms with Crippen LogP contribution in [0.5, 0.6) is 0 Å². The van der Waals surface area contributed by atoms with Gasteiger partial charge >= 0.3 is 0 Å². The van der Waals surface area contributed by atoms with Crippen LogP contribution in [0.15, 0.2) is 29.2 Å². The van der Waals surface area contributed by atoms with E-state index in [-0.39, 0.29) is 18.1 Å². The normalized spacial score (nSPS) is 11.9. The van der Waals surface area contributed by atoms with E-state index in [0.29, 0.717) is 132 Å². The molecule has 0 aromatic heterocycles. The Labute approximate surface area is 364 Å². The van der Waals surface area contributed by atoms with Crippen molar-refractivity contribution in [1.29, 1.82) is 0 Å². The molecule has 14 nitrogen and oxygen atoms in total. The van der Waals surface area contributed by atoms with E-state index in [4.69, 9.17) is 56.3 Å². The fourth-order valence-corrected chi connectivity index (χ4v) is 6.57. The molecular weight excluding hydrogens is 797 g/mol. The zero-order chi connectivity index (χ0) is 43.1. The van der Waals surface area contributed by atoms with E-state index in [2.05, 4.69) is 6.92 Å². The van der Waals surface area contributed by atoms with E-state index in [1.54, 1.807) is 12.1 Å². The number of hydrogen-bond acceptors (Lipinski definition) is 14. The molecule has 0 aliphatic carbocycles. The first-order valence-electron chi connectivity index (χ1n) is 22.9. The van der Waals surface area contributed by atoms with Gasteiger partial charge in [-0.3, -0.25) is 4.18 Å². The van der Waals surface area contributed by atoms with Crippen molar-refractivity contribution < 1.29 is 64.7 Å². The zero-order valence-electron chi connectivity index (χ0n) is 37.6. The van der Waals surface area contributed by atoms with Crippen LogP contribution < -0.4 is 0 Å². The maximum Gasteiger partial charge on any atom is 0.297 e. The Bertz CT molecular complexity index is 1100. The lowest BCUT2D eigenvalue weighted by Gasteiger charge is -2.09. The Kier molecular flexibility index (Phi) is 43.2. The Morgan fingerprint density at radius 3 is 0.833 bits per heavy atom. The second kappa shape index (κ2) is 45.7. The van der Waals surface area contributed by atoms with Crippen molar-refractivity contribution >= 4 is 10.1 Å². The van der Waals surface area contributed by atoms with Gasteiger partial charge in [0.15, 0.2) is 0 Å². The first-order valence-corrected chi connectivity index (χ1v) is 24.3. The molecule has 60 heavy (non-hydrogen) atoms. The second-order valence-corrected chi connectivity index (χ2v) is 16.0. The van der Waals surface area contributed by atoms with Gasteiger partial charge in [0.05, 0.1) is 150 Å². The molecule has 1 aromatic carbocycles. The smallest absolute Gasteiger partial charge is 0.297 e. The molecule has 0 aliphatic rings. The predicted molar refractivity (Wildman–Crippen MR) is 234 cm³/mol. The van der Waals surface area contributed by atoms with Gasteiger partial charge in [0, 0.05) is 6.61 Å². The summed E-state index contributed by atoms with van der Waals surface area (Å²) in [6, 6.07) is 6.49. The average molecular weight is 881 g/mol. The fraction of sp³-hybridized carbons (Fsp3) is 0.867. The maximum atomic E-state index is 12.1. The molecule has 0 amide bonds. The monoisotopic (exact) mass is 881 g/mol. The van der Waals surface area contributed by atoms with Crippen LogP contribution in [0, 0.1) is 6.92 Å². The van der Waals surface area contributed by atoms with Gasteiger partial charge in [-0.1, -0.05) is 108 Å². The van der Waals surface area contributed by atoms with Gasteiger partial charge in [0.1, 0.15) is 0 Å². The third-order valence-corrected chi connectivity index (χ3v) is 10.5. The van der Waals surface area contributed by atoms with Crippen LogP contribution in [-0.4, -0.2) is 160 Å². The van der Waals surface area contributed by atoms with E-state index in [1.807, 2.05) is 6.92 Å². The molecule has 0 aliphatic heterocycles. The number of hydrogen-bond donors (Lipinski definition) is 0. The molecular formula is C45H84O14S. The van der Waals surface area contributed by atoms with Crippen LogP contribution in [0.1, 0.15) is 102 Å². The second-order valence-electron chi connectivity index (χ2n) is 14.4. The van der Waals surface area contributed by atoms with Gasteiger partial charge < -0.3 is 52.1 Å². The number of aryl methyl sites for hydroxylation is 1. The Balaban J connectivity index is 1.63. The van der Waals surface area contributed by atoms with Crippen LogP contribution in [0.4, 0.5) is 0 Å². The van der Waals surface area contributed by atoms with Crippen LogP contribution in [0.2, 0.25) is 0 Å². The minimum absolute atomic E-state index is 0.0585. The summed E-state index contributed by atoms with van der Waals surface area (Å²) < 4.78 is 89.8. The SMILES string of the molecule is CCCCCCCCCCCCCCCCOCCOCCOCCOCCOCCOCCOCCOCCOCCOCCOCCOS(=O)(=O)c1ccc(C)cc1. The van der Waals surface area contributed by atoms with E-state index >= 15 is 0 Å². The lowest BCUT2D eigenvalue weighted by atomic mass is 10.0. The molecule has 0 radical (unpaired) electrons. The van der Waals surface area contributed by atoms with Crippen molar-refractivity contribution in [2.75, 3.05) is 152 Å². The lowest BCUT2D eigenvalue weighted by Crippen LogP contribution is -2.16. The molecule has 0 atom stereocenters. The molecule has 15 heteroatoms. The highest BCUT2D eigenvalue weighted by atomic mass is 32.2. The van der Waals surface area contributed by atoms with Crippen molar-refractivity contribution in [3.63, 3.8) is 0 Å². The Morgan fingerprint density at radius 2 is 0.550 bits per heavy atom. The number of benzene rings is 1. The summed E-state index contributed by atoms with van der Waals surface area (Å²) in [5, 5.41) is 0. The van der Waals surface area contributed by atoms with Gasteiger partial charge in [-0.05, 0) is 25.5 Å². The van der Waals surface area contributed by atoms with E-state index in [1.165, 1.54) is 95.6 Å². The van der Waals surface area contributed by atoms with Crippen molar-refractivity contribution in [3.8, 4) is 0 Å². The van der Waals surface area contributed by atoms with Crippen molar-refractivity contribution in [1.82, 2.24) is 0 Å². The molecule has 1 aromatic rings. The summed E-state index contributed by atoms with van der Waals surface area (Å²) in [5.41, 5.74) is 0.976. The molecule has 0 N–H and O–H groups in total. The lowest BCUT2D eigenvalue weighted by molar-refractivity contribution is -0.0277. The molecule has 0 unspecified atom stereocenters. The van der Waals surface area contributed by atoms with Crippen molar-refractivity contribution in [2.24, 2.45) is 0 Å². The molecule has 354 valence electrons. The number of rotatable bonds is 50. The summed E-state index contributed by atoms with van der Waals surface area (Å²) >= 11 is 0. The van der Waals surface area contributed by atoms with Crippen LogP contribution in [0.25, 0.3) is 0 Å². The first-order chi connectivity index (χ1) is 29.6. The molecule has 1 rings (SSSR count). The first kappa shape index (κ1) is 56.7. The summed E-state index contributed by atoms with van der Waals surface area (Å²) in [4.78, 5) is 0.130. The third-order valence-electron chi connectivity index (χ3n) is 9.14. The van der Waals surface area contributed by atoms with Crippen molar-refractivity contribution in [3.05, 3.63) is 29.8 Å². The van der Waals surface area contributed by atoms with Gasteiger partial charge in [-0.15, -0.1) is 0 Å². The minimum Gasteiger partial charge on any atom is -0.379 e. The van der Waals surface area contributed by atoms with Gasteiger partial charge in [0.25, 0.3) is 10.1 Å². The van der Waals surface area contributed by atoms with Gasteiger partial charge in [-0.2, -0.15) is 8.42 Å². The van der Waals surface area contributed by atoms with E-state index in [9.17, 15) is 8.42 Å². The van der Waals surface area contributed by atoms with E-state index < -0.39 is 10.1 Å². The van der Waals surface area contributed by atoms with Crippen LogP contribution in [0.3, 0.4) is 0 Å². The quantitative estimate of drug-likeness (QED) is 0.0475. The summed E-state index contributed by atoms with van der Waals surface area (Å²) in [7, 11) is -3.78. The standard InChI is InChI=1S/C45H84O14S/c1-3-4-5-6-7-8-9-10-11-12-13-14-15-16-21-48-22-23-49-24-25-50-26-27-51-28-29-52-30-31-53-32-33-54-34-35-55-36-37-56-38-39-57-40-41-58-42-43-59-60(46,47)45-19-17-44(2)18-20-45/h17-20H,3-16,21-43H2,1-2H3.